The predicted molar refractivity (Wildman–Crippen MR) is 46.5 cm³/mol. The van der Waals surface area contributed by atoms with Crippen molar-refractivity contribution < 1.29 is 24.3 Å². The molecule has 0 aliphatic rings. The molecule has 0 aliphatic heterocycles. The number of hydrogen-bond donors (Lipinski definition) is 0. The number of likely N-dealkylation sites (N-methyl/N-ethyl adjacent to an activating group) is 1. The van der Waals surface area contributed by atoms with Crippen LogP contribution in [0.4, 0.5) is 0 Å². The van der Waals surface area contributed by atoms with Gasteiger partial charge in [-0.3, -0.25) is 0 Å². The quantitative estimate of drug-likeness (QED) is 0.283. The summed E-state index contributed by atoms with van der Waals surface area (Å²) in [6, 6.07) is 0. The van der Waals surface area contributed by atoms with E-state index in [0.29, 0.717) is 0 Å². The van der Waals surface area contributed by atoms with Gasteiger partial charge in [-0.25, -0.2) is 0 Å². The van der Waals surface area contributed by atoms with E-state index >= 15 is 0 Å². The third kappa shape index (κ3) is 16.5. The van der Waals surface area contributed by atoms with Gasteiger partial charge in [0.05, 0.1) is 27.7 Å². The summed E-state index contributed by atoms with van der Waals surface area (Å²) in [6.45, 7) is 1.87. The average molecular weight is 214 g/mol. The first kappa shape index (κ1) is 17.8. The summed E-state index contributed by atoms with van der Waals surface area (Å²) in [5.41, 5.74) is 0. The van der Waals surface area contributed by atoms with Gasteiger partial charge in [0.25, 0.3) is 0 Å². The van der Waals surface area contributed by atoms with Crippen LogP contribution in [-0.4, -0.2) is 76.5 Å². The molecule has 0 fully saturated rings. The third-order valence-corrected chi connectivity index (χ3v) is 1.12. The van der Waals surface area contributed by atoms with Crippen LogP contribution in [0.1, 0.15) is 2.85 Å². The van der Waals surface area contributed by atoms with Crippen molar-refractivity contribution in [1.82, 2.24) is 0 Å². The van der Waals surface area contributed by atoms with E-state index in [9.17, 15) is 0 Å². The molecule has 1 atom stereocenters. The van der Waals surface area contributed by atoms with E-state index < -0.39 is 0 Å². The van der Waals surface area contributed by atoms with Crippen LogP contribution in [-0.2, 0) is 4.52 Å². The Kier molecular flexibility index (Phi) is 16.0. The van der Waals surface area contributed by atoms with Crippen LogP contribution in [0.2, 0.25) is 0 Å². The van der Waals surface area contributed by atoms with E-state index in [0.717, 1.165) is 17.6 Å². The summed E-state index contributed by atoms with van der Waals surface area (Å²) in [4.78, 5) is 0. The maximum atomic E-state index is 4.82. The van der Waals surface area contributed by atoms with Crippen molar-refractivity contribution in [2.24, 2.45) is 0 Å². The molecule has 62 valence electrons. The molecule has 0 saturated heterocycles. The van der Waals surface area contributed by atoms with Crippen molar-refractivity contribution in [3.8, 4) is 0 Å². The second-order valence-electron chi connectivity index (χ2n) is 2.88. The fourth-order valence-electron chi connectivity index (χ4n) is 0.327. The zero-order valence-corrected chi connectivity index (χ0v) is 11.1. The molecule has 0 amide bonds. The van der Waals surface area contributed by atoms with E-state index in [1.54, 1.807) is 0 Å². The molecule has 0 radical (unpaired) electrons. The largest absolute Gasteiger partial charge is 2.00 e. The molecule has 1 unspecified atom stereocenters. The van der Waals surface area contributed by atoms with Gasteiger partial charge in [0.2, 0.25) is 0 Å². The fourth-order valence-corrected chi connectivity index (χ4v) is 0.432. The van der Waals surface area contributed by atoms with Gasteiger partial charge in [-0.05, 0) is 0 Å². The van der Waals surface area contributed by atoms with Gasteiger partial charge < -0.3 is 24.3 Å². The molecule has 0 spiro atoms. The Labute approximate surface area is 105 Å². The smallest absolute Gasteiger partial charge is 1.00 e. The SMILES string of the molecule is C[N+](C)(C)CCOP.[Ca+2].[Cl-].[H-].[H-]. The van der Waals surface area contributed by atoms with Crippen LogP contribution in [0.15, 0.2) is 0 Å². The molecular weight excluding hydrogens is 197 g/mol. The normalized spacial score (nSPS) is 9.60. The summed E-state index contributed by atoms with van der Waals surface area (Å²) in [7, 11) is 8.68. The number of halogens is 1. The minimum atomic E-state index is 0. The fraction of sp³-hybridized carbons (Fsp3) is 1.00. The van der Waals surface area contributed by atoms with Crippen molar-refractivity contribution >= 4 is 47.2 Å². The molecule has 0 N–H and O–H groups in total. The van der Waals surface area contributed by atoms with Crippen molar-refractivity contribution in [3.63, 3.8) is 0 Å². The van der Waals surface area contributed by atoms with Crippen molar-refractivity contribution in [1.29, 1.82) is 0 Å². The predicted octanol–water partition coefficient (Wildman–Crippen LogP) is -2.65. The van der Waals surface area contributed by atoms with Gasteiger partial charge in [-0.15, -0.1) is 0 Å². The summed E-state index contributed by atoms with van der Waals surface area (Å²) >= 11 is 0. The topological polar surface area (TPSA) is 9.23 Å². The van der Waals surface area contributed by atoms with Crippen LogP contribution < -0.4 is 12.4 Å². The molecule has 0 aromatic heterocycles. The zero-order valence-electron chi connectivity index (χ0n) is 8.93. The van der Waals surface area contributed by atoms with E-state index in [1.165, 1.54) is 0 Å². The van der Waals surface area contributed by atoms with Gasteiger partial charge in [0.15, 0.2) is 0 Å². The molecule has 2 nitrogen and oxygen atoms in total. The van der Waals surface area contributed by atoms with Gasteiger partial charge in [-0.1, -0.05) is 0 Å². The average Bonchev–Trinajstić information content (AvgIpc) is 1.59. The molecular formula is C5H17CaClNOP. The van der Waals surface area contributed by atoms with E-state index in [-0.39, 0.29) is 53.0 Å². The third-order valence-electron chi connectivity index (χ3n) is 0.880. The summed E-state index contributed by atoms with van der Waals surface area (Å²) in [5, 5.41) is 0. The molecule has 0 bridgehead atoms. The zero-order chi connectivity index (χ0) is 6.62. The second-order valence-corrected chi connectivity index (χ2v) is 3.22. The molecule has 0 heterocycles. The molecule has 0 aromatic rings. The Morgan fingerprint density at radius 3 is 1.90 bits per heavy atom. The molecule has 0 saturated carbocycles. The summed E-state index contributed by atoms with van der Waals surface area (Å²) in [6.07, 6.45) is 0. The van der Waals surface area contributed by atoms with E-state index in [2.05, 4.69) is 30.6 Å². The minimum absolute atomic E-state index is 0. The van der Waals surface area contributed by atoms with Crippen molar-refractivity contribution in [2.45, 2.75) is 0 Å². The maximum absolute atomic E-state index is 4.82. The first-order valence-electron chi connectivity index (χ1n) is 2.68. The number of nitrogens with zero attached hydrogens (tertiary/aromatic N) is 1. The van der Waals surface area contributed by atoms with Crippen LogP contribution in [0, 0.1) is 0 Å². The Morgan fingerprint density at radius 2 is 1.80 bits per heavy atom. The van der Waals surface area contributed by atoms with Crippen molar-refractivity contribution in [3.05, 3.63) is 0 Å². The molecule has 10 heavy (non-hydrogen) atoms. The molecule has 5 heteroatoms. The van der Waals surface area contributed by atoms with Crippen LogP contribution >= 0.6 is 9.47 Å². The summed E-state index contributed by atoms with van der Waals surface area (Å²) < 4.78 is 5.79. The molecule has 0 rings (SSSR count). The molecule has 0 aromatic carbocycles. The van der Waals surface area contributed by atoms with Gasteiger partial charge >= 0.3 is 37.7 Å². The molecule has 0 aliphatic carbocycles. The van der Waals surface area contributed by atoms with Crippen molar-refractivity contribution in [2.75, 3.05) is 34.3 Å². The first-order chi connectivity index (χ1) is 3.56. The van der Waals surface area contributed by atoms with Gasteiger partial charge in [0, 0.05) is 9.47 Å². The summed E-state index contributed by atoms with van der Waals surface area (Å²) in [5.74, 6) is 0. The van der Waals surface area contributed by atoms with E-state index in [1.807, 2.05) is 0 Å². The first-order valence-corrected chi connectivity index (χ1v) is 3.15. The van der Waals surface area contributed by atoms with Gasteiger partial charge in [0.1, 0.15) is 6.54 Å². The van der Waals surface area contributed by atoms with Gasteiger partial charge in [-0.2, -0.15) is 0 Å². The Balaban J connectivity index is -0.0000000408. The number of quaternary nitrogens is 1. The Hall–Kier alpha value is 1.90. The number of rotatable bonds is 3. The van der Waals surface area contributed by atoms with E-state index in [4.69, 9.17) is 4.52 Å². The Morgan fingerprint density at radius 1 is 1.40 bits per heavy atom. The maximum Gasteiger partial charge on any atom is 2.00 e. The van der Waals surface area contributed by atoms with Crippen LogP contribution in [0.5, 0.6) is 0 Å². The van der Waals surface area contributed by atoms with Crippen LogP contribution in [0.3, 0.4) is 0 Å². The number of hydrogen-bond acceptors (Lipinski definition) is 1. The standard InChI is InChI=1S/C5H15NOP.Ca.ClH.2H/c1-6(2,3)4-5-7-8;;;;/h4-5,8H2,1-3H3;;1H;;/q+1;+2;;2*-1/p-1. The van der Waals surface area contributed by atoms with Crippen LogP contribution in [0.25, 0.3) is 0 Å². The monoisotopic (exact) mass is 213 g/mol. The minimum Gasteiger partial charge on any atom is -1.00 e. The Bertz CT molecular complexity index is 77.0. The second kappa shape index (κ2) is 8.99.